The van der Waals surface area contributed by atoms with Crippen molar-refractivity contribution >= 4 is 21.7 Å². The van der Waals surface area contributed by atoms with Gasteiger partial charge < -0.3 is 19.1 Å². The third-order valence-corrected chi connectivity index (χ3v) is 8.52. The minimum atomic E-state index is -3.58. The molecule has 0 atom stereocenters. The Morgan fingerprint density at radius 3 is 1.91 bits per heavy atom. The summed E-state index contributed by atoms with van der Waals surface area (Å²) in [7, 11) is -1.45. The average molecular weight is 498 g/mol. The van der Waals surface area contributed by atoms with Crippen LogP contribution in [0.25, 0.3) is 11.3 Å². The summed E-state index contributed by atoms with van der Waals surface area (Å²) < 4.78 is 33.3. The van der Waals surface area contributed by atoms with Crippen molar-refractivity contribution < 1.29 is 12.8 Å². The lowest BCUT2D eigenvalue weighted by molar-refractivity contribution is 0.312. The molecule has 0 aliphatic carbocycles. The van der Waals surface area contributed by atoms with Gasteiger partial charge in [0.25, 0.3) is 0 Å². The Labute approximate surface area is 206 Å². The molecule has 35 heavy (non-hydrogen) atoms. The average Bonchev–Trinajstić information content (AvgIpc) is 3.30. The molecule has 186 valence electrons. The summed E-state index contributed by atoms with van der Waals surface area (Å²) in [6, 6.07) is 8.84. The Hall–Kier alpha value is -3.02. The summed E-state index contributed by atoms with van der Waals surface area (Å²) in [4.78, 5) is 20.6. The number of piperazine rings is 2. The molecule has 2 saturated heterocycles. The van der Waals surface area contributed by atoms with Gasteiger partial charge in [-0.1, -0.05) is 12.1 Å². The molecule has 0 saturated carbocycles. The van der Waals surface area contributed by atoms with Gasteiger partial charge in [0.1, 0.15) is 29.4 Å². The molecule has 0 bridgehead atoms. The summed E-state index contributed by atoms with van der Waals surface area (Å²) >= 11 is 0. The third-order valence-electron chi connectivity index (χ3n) is 6.61. The lowest BCUT2D eigenvalue weighted by Crippen LogP contribution is -2.49. The first-order chi connectivity index (χ1) is 16.8. The smallest absolute Gasteiger partial charge is 0.243 e. The molecule has 2 fully saturated rings. The Kier molecular flexibility index (Phi) is 6.47. The molecule has 5 rings (SSSR count). The predicted molar refractivity (Wildman–Crippen MR) is 134 cm³/mol. The Bertz CT molecular complexity index is 1280. The minimum absolute atomic E-state index is 0.283. The van der Waals surface area contributed by atoms with Crippen molar-refractivity contribution in [1.29, 1.82) is 0 Å². The number of rotatable bonds is 5. The lowest BCUT2D eigenvalue weighted by Gasteiger charge is -2.36. The number of hydrogen-bond donors (Lipinski definition) is 0. The van der Waals surface area contributed by atoms with Gasteiger partial charge in [0, 0.05) is 70.9 Å². The number of likely N-dealkylation sites (N-methyl/N-ethyl adjacent to an activating group) is 1. The number of oxazole rings is 1. The molecular formula is C24H31N7O3S. The van der Waals surface area contributed by atoms with Crippen molar-refractivity contribution in [3.8, 4) is 11.3 Å². The van der Waals surface area contributed by atoms with E-state index in [1.54, 1.807) is 41.8 Å². The standard InChI is InChI=1S/C24H31N7O3S/c1-18-25-23(29-10-8-28(3)9-11-29)16-24(26-18)30-12-14-31(15-13-30)35(32,33)21-6-4-20(5-7-21)22-17-34-19(2)27-22/h4-7,16-17H,8-15H2,1-3H3. The van der Waals surface area contributed by atoms with E-state index in [4.69, 9.17) is 4.42 Å². The largest absolute Gasteiger partial charge is 0.449 e. The summed E-state index contributed by atoms with van der Waals surface area (Å²) in [6.07, 6.45) is 1.57. The van der Waals surface area contributed by atoms with E-state index in [9.17, 15) is 8.42 Å². The zero-order valence-corrected chi connectivity index (χ0v) is 21.2. The molecule has 3 aromatic rings. The molecule has 11 heteroatoms. The van der Waals surface area contributed by atoms with Gasteiger partial charge in [0.2, 0.25) is 10.0 Å². The highest BCUT2D eigenvalue weighted by Gasteiger charge is 2.29. The first kappa shape index (κ1) is 23.7. The SMILES string of the molecule is Cc1nc(N2CCN(C)CC2)cc(N2CCN(S(=O)(=O)c3ccc(-c4coc(C)n4)cc3)CC2)n1. The van der Waals surface area contributed by atoms with E-state index in [1.165, 1.54) is 0 Å². The fourth-order valence-electron chi connectivity index (χ4n) is 4.50. The number of nitrogens with zero attached hydrogens (tertiary/aromatic N) is 7. The highest BCUT2D eigenvalue weighted by Crippen LogP contribution is 2.25. The first-order valence-electron chi connectivity index (χ1n) is 11.9. The van der Waals surface area contributed by atoms with Crippen LogP contribution in [-0.2, 0) is 10.0 Å². The van der Waals surface area contributed by atoms with Crippen LogP contribution >= 0.6 is 0 Å². The van der Waals surface area contributed by atoms with Gasteiger partial charge in [-0.3, -0.25) is 0 Å². The van der Waals surface area contributed by atoms with E-state index < -0.39 is 10.0 Å². The third kappa shape index (κ3) is 5.02. The maximum atomic E-state index is 13.3. The lowest BCUT2D eigenvalue weighted by atomic mass is 10.2. The number of hydrogen-bond acceptors (Lipinski definition) is 9. The second kappa shape index (κ2) is 9.56. The van der Waals surface area contributed by atoms with Gasteiger partial charge in [-0.15, -0.1) is 0 Å². The number of aryl methyl sites for hydroxylation is 2. The van der Waals surface area contributed by atoms with Crippen LogP contribution in [-0.4, -0.2) is 92.0 Å². The molecule has 0 radical (unpaired) electrons. The molecular weight excluding hydrogens is 466 g/mol. The van der Waals surface area contributed by atoms with Crippen molar-refractivity contribution in [2.24, 2.45) is 0 Å². The normalized spacial score (nSPS) is 18.3. The quantitative estimate of drug-likeness (QED) is 0.524. The van der Waals surface area contributed by atoms with Crippen LogP contribution in [0.5, 0.6) is 0 Å². The van der Waals surface area contributed by atoms with Crippen LogP contribution in [0, 0.1) is 13.8 Å². The maximum absolute atomic E-state index is 13.3. The van der Waals surface area contributed by atoms with Gasteiger partial charge in [0.15, 0.2) is 5.89 Å². The number of aromatic nitrogens is 3. The second-order valence-electron chi connectivity index (χ2n) is 9.09. The molecule has 10 nitrogen and oxygen atoms in total. The monoisotopic (exact) mass is 497 g/mol. The molecule has 4 heterocycles. The van der Waals surface area contributed by atoms with Crippen molar-refractivity contribution in [3.05, 3.63) is 48.3 Å². The summed E-state index contributed by atoms with van der Waals surface area (Å²) in [5, 5.41) is 0. The minimum Gasteiger partial charge on any atom is -0.449 e. The number of benzene rings is 1. The van der Waals surface area contributed by atoms with Crippen molar-refractivity contribution in [2.45, 2.75) is 18.7 Å². The Morgan fingerprint density at radius 2 is 1.37 bits per heavy atom. The second-order valence-corrected chi connectivity index (χ2v) is 11.0. The molecule has 2 aliphatic rings. The van der Waals surface area contributed by atoms with Crippen LogP contribution in [0.15, 0.2) is 45.9 Å². The molecule has 2 aliphatic heterocycles. The van der Waals surface area contributed by atoms with Crippen LogP contribution in [0.3, 0.4) is 0 Å². The van der Waals surface area contributed by atoms with Gasteiger partial charge in [-0.25, -0.2) is 23.4 Å². The fraction of sp³-hybridized carbons (Fsp3) is 0.458. The van der Waals surface area contributed by atoms with E-state index in [1.807, 2.05) is 13.0 Å². The maximum Gasteiger partial charge on any atom is 0.243 e. The highest BCUT2D eigenvalue weighted by molar-refractivity contribution is 7.89. The van der Waals surface area contributed by atoms with E-state index in [-0.39, 0.29) is 4.90 Å². The Morgan fingerprint density at radius 1 is 0.800 bits per heavy atom. The zero-order valence-electron chi connectivity index (χ0n) is 20.4. The van der Waals surface area contributed by atoms with Crippen molar-refractivity contribution in [2.75, 3.05) is 69.2 Å². The van der Waals surface area contributed by atoms with E-state index in [0.717, 1.165) is 49.2 Å². The number of anilines is 2. The highest BCUT2D eigenvalue weighted by atomic mass is 32.2. The van der Waals surface area contributed by atoms with Gasteiger partial charge in [0.05, 0.1) is 4.90 Å². The first-order valence-corrected chi connectivity index (χ1v) is 13.3. The number of sulfonamides is 1. The molecule has 1 aromatic carbocycles. The Balaban J connectivity index is 1.26. The summed E-state index contributed by atoms with van der Waals surface area (Å²) in [6.45, 7) is 9.54. The fourth-order valence-corrected chi connectivity index (χ4v) is 5.92. The summed E-state index contributed by atoms with van der Waals surface area (Å²) in [5.41, 5.74) is 1.51. The van der Waals surface area contributed by atoms with Crippen LogP contribution in [0.1, 0.15) is 11.7 Å². The van der Waals surface area contributed by atoms with Crippen molar-refractivity contribution in [1.82, 2.24) is 24.2 Å². The van der Waals surface area contributed by atoms with E-state index >= 15 is 0 Å². The molecule has 0 unspecified atom stereocenters. The van der Waals surface area contributed by atoms with E-state index in [2.05, 4.69) is 36.7 Å². The van der Waals surface area contributed by atoms with Gasteiger partial charge in [-0.2, -0.15) is 4.31 Å². The summed E-state index contributed by atoms with van der Waals surface area (Å²) in [5.74, 6) is 3.10. The van der Waals surface area contributed by atoms with E-state index in [0.29, 0.717) is 37.8 Å². The van der Waals surface area contributed by atoms with Crippen molar-refractivity contribution in [3.63, 3.8) is 0 Å². The topological polar surface area (TPSA) is 98.9 Å². The van der Waals surface area contributed by atoms with Crippen LogP contribution in [0.2, 0.25) is 0 Å². The van der Waals surface area contributed by atoms with Crippen LogP contribution < -0.4 is 9.80 Å². The molecule has 0 N–H and O–H groups in total. The van der Waals surface area contributed by atoms with Crippen LogP contribution in [0.4, 0.5) is 11.6 Å². The predicted octanol–water partition coefficient (Wildman–Crippen LogP) is 2.01. The van der Waals surface area contributed by atoms with Gasteiger partial charge in [-0.05, 0) is 26.1 Å². The molecule has 2 aromatic heterocycles. The zero-order chi connectivity index (χ0) is 24.6. The molecule has 0 amide bonds. The van der Waals surface area contributed by atoms with Gasteiger partial charge >= 0.3 is 0 Å². The molecule has 0 spiro atoms.